The van der Waals surface area contributed by atoms with Crippen molar-refractivity contribution in [3.8, 4) is 0 Å². The Morgan fingerprint density at radius 3 is 2.56 bits per heavy atom. The van der Waals surface area contributed by atoms with Crippen LogP contribution in [0.25, 0.3) is 0 Å². The predicted molar refractivity (Wildman–Crippen MR) is 74.1 cm³/mol. The molecule has 0 aliphatic carbocycles. The number of nitrogens with two attached hydrogens (primary N) is 1. The first-order valence-corrected chi connectivity index (χ1v) is 5.76. The van der Waals surface area contributed by atoms with Crippen LogP contribution >= 0.6 is 12.4 Å². The van der Waals surface area contributed by atoms with Gasteiger partial charge in [-0.2, -0.15) is 0 Å². The first-order valence-electron chi connectivity index (χ1n) is 5.76. The molecule has 0 radical (unpaired) electrons. The van der Waals surface area contributed by atoms with E-state index >= 15 is 0 Å². The summed E-state index contributed by atoms with van der Waals surface area (Å²) in [6.45, 7) is 4.39. The first kappa shape index (κ1) is 16.7. The largest absolute Gasteiger partial charge is 0.350 e. The van der Waals surface area contributed by atoms with Gasteiger partial charge in [0.15, 0.2) is 0 Å². The van der Waals surface area contributed by atoms with Crippen molar-refractivity contribution in [1.29, 1.82) is 0 Å². The summed E-state index contributed by atoms with van der Waals surface area (Å²) in [5, 5.41) is 2.75. The quantitative estimate of drug-likeness (QED) is 0.749. The molecule has 0 bridgehead atoms. The van der Waals surface area contributed by atoms with Gasteiger partial charge < -0.3 is 16.0 Å². The topological polar surface area (TPSA) is 88.0 Å². The third kappa shape index (κ3) is 4.50. The minimum atomic E-state index is -0.378. The van der Waals surface area contributed by atoms with Gasteiger partial charge in [-0.05, 0) is 18.9 Å². The fourth-order valence-corrected chi connectivity index (χ4v) is 1.44. The Balaban J connectivity index is 0.00000289. The maximum absolute atomic E-state index is 11.8. The molecule has 5 nitrogen and oxygen atoms in total. The van der Waals surface area contributed by atoms with Crippen LogP contribution in [0.15, 0.2) is 23.1 Å². The molecule has 1 aromatic rings. The molecule has 0 spiro atoms. The van der Waals surface area contributed by atoms with Crippen molar-refractivity contribution in [2.45, 2.75) is 32.2 Å². The zero-order valence-electron chi connectivity index (χ0n) is 10.7. The van der Waals surface area contributed by atoms with E-state index in [1.165, 1.54) is 12.3 Å². The first-order chi connectivity index (χ1) is 8.00. The number of hydrogen-bond donors (Lipinski definition) is 3. The number of halogens is 1. The van der Waals surface area contributed by atoms with E-state index in [0.29, 0.717) is 12.1 Å². The predicted octanol–water partition coefficient (Wildman–Crippen LogP) is 1.04. The summed E-state index contributed by atoms with van der Waals surface area (Å²) in [6.07, 6.45) is 3.03. The molecule has 0 aromatic carbocycles. The number of pyridine rings is 1. The minimum absolute atomic E-state index is 0. The summed E-state index contributed by atoms with van der Waals surface area (Å²) in [5.74, 6) is -0.271. The highest BCUT2D eigenvalue weighted by atomic mass is 35.5. The average molecular weight is 274 g/mol. The van der Waals surface area contributed by atoms with E-state index in [2.05, 4.69) is 10.3 Å². The van der Waals surface area contributed by atoms with Gasteiger partial charge in [0.1, 0.15) is 0 Å². The van der Waals surface area contributed by atoms with Gasteiger partial charge in [0.2, 0.25) is 5.56 Å². The van der Waals surface area contributed by atoms with Crippen LogP contribution in [0.2, 0.25) is 0 Å². The second-order valence-electron chi connectivity index (χ2n) is 4.19. The van der Waals surface area contributed by atoms with E-state index in [9.17, 15) is 9.59 Å². The van der Waals surface area contributed by atoms with Gasteiger partial charge in [-0.3, -0.25) is 9.59 Å². The summed E-state index contributed by atoms with van der Waals surface area (Å²) in [6, 6.07) is 2.83. The molecule has 0 atom stereocenters. The number of aromatic amines is 1. The molecule has 0 saturated heterocycles. The molecule has 1 heterocycles. The van der Waals surface area contributed by atoms with Crippen LogP contribution in [-0.2, 0) is 0 Å². The number of hydrogen-bond acceptors (Lipinski definition) is 3. The van der Waals surface area contributed by atoms with Crippen LogP contribution < -0.4 is 16.6 Å². The van der Waals surface area contributed by atoms with Crippen molar-refractivity contribution in [3.63, 3.8) is 0 Å². The van der Waals surface area contributed by atoms with Gasteiger partial charge in [0, 0.05) is 29.9 Å². The Labute approximate surface area is 113 Å². The van der Waals surface area contributed by atoms with Crippen LogP contribution in [0.5, 0.6) is 0 Å². The van der Waals surface area contributed by atoms with Crippen LogP contribution in [0.4, 0.5) is 0 Å². The number of carbonyl (C=O) groups excluding carboxylic acids is 1. The Kier molecular flexibility index (Phi) is 6.65. The maximum Gasteiger partial charge on any atom is 0.251 e. The van der Waals surface area contributed by atoms with E-state index in [-0.39, 0.29) is 29.4 Å². The highest BCUT2D eigenvalue weighted by Gasteiger charge is 2.21. The molecule has 0 unspecified atom stereocenters. The zero-order chi connectivity index (χ0) is 12.9. The fraction of sp³-hybridized carbons (Fsp3) is 0.500. The second kappa shape index (κ2) is 7.18. The van der Waals surface area contributed by atoms with Crippen LogP contribution in [0.1, 0.15) is 37.0 Å². The van der Waals surface area contributed by atoms with Crippen molar-refractivity contribution >= 4 is 18.3 Å². The maximum atomic E-state index is 11.8. The monoisotopic (exact) mass is 273 g/mol. The van der Waals surface area contributed by atoms with Crippen molar-refractivity contribution in [1.82, 2.24) is 10.3 Å². The summed E-state index contributed by atoms with van der Waals surface area (Å²) in [4.78, 5) is 25.3. The lowest BCUT2D eigenvalue weighted by Crippen LogP contribution is -2.49. The standard InChI is InChI=1S/C12H19N3O2.ClH/c1-3-12(13,4-2)8-15-11(17)9-5-6-14-10(16)7-9;/h5-7H,3-4,8,13H2,1-2H3,(H,14,16)(H,15,17);1H. The normalized spacial score (nSPS) is 10.6. The van der Waals surface area contributed by atoms with Crippen molar-refractivity contribution in [3.05, 3.63) is 34.2 Å². The van der Waals surface area contributed by atoms with E-state index in [0.717, 1.165) is 12.8 Å². The van der Waals surface area contributed by atoms with Crippen LogP contribution in [0.3, 0.4) is 0 Å². The van der Waals surface area contributed by atoms with Crippen LogP contribution in [0, 0.1) is 0 Å². The number of H-pyrrole nitrogens is 1. The molecule has 18 heavy (non-hydrogen) atoms. The Morgan fingerprint density at radius 2 is 2.06 bits per heavy atom. The molecule has 102 valence electrons. The SMILES string of the molecule is CCC(N)(CC)CNC(=O)c1cc[nH]c(=O)c1.Cl. The summed E-state index contributed by atoms with van der Waals surface area (Å²) < 4.78 is 0. The lowest BCUT2D eigenvalue weighted by molar-refractivity contribution is 0.0942. The summed E-state index contributed by atoms with van der Waals surface area (Å²) >= 11 is 0. The Morgan fingerprint density at radius 1 is 1.44 bits per heavy atom. The molecular weight excluding hydrogens is 254 g/mol. The number of rotatable bonds is 5. The minimum Gasteiger partial charge on any atom is -0.350 e. The lowest BCUT2D eigenvalue weighted by Gasteiger charge is -2.26. The van der Waals surface area contributed by atoms with Gasteiger partial charge in [-0.15, -0.1) is 12.4 Å². The van der Waals surface area contributed by atoms with E-state index in [1.54, 1.807) is 6.07 Å². The molecule has 1 rings (SSSR count). The molecule has 1 aromatic heterocycles. The summed E-state index contributed by atoms with van der Waals surface area (Å²) in [5.41, 5.74) is 5.75. The highest BCUT2D eigenvalue weighted by Crippen LogP contribution is 2.09. The molecule has 6 heteroatoms. The van der Waals surface area contributed by atoms with Gasteiger partial charge in [0.25, 0.3) is 5.91 Å². The Hall–Kier alpha value is -1.33. The average Bonchev–Trinajstić information content (AvgIpc) is 2.35. The molecule has 0 aliphatic heterocycles. The molecule has 0 saturated carbocycles. The van der Waals surface area contributed by atoms with E-state index in [1.807, 2.05) is 13.8 Å². The third-order valence-corrected chi connectivity index (χ3v) is 3.05. The number of carbonyl (C=O) groups is 1. The van der Waals surface area contributed by atoms with Gasteiger partial charge >= 0.3 is 0 Å². The van der Waals surface area contributed by atoms with Crippen LogP contribution in [-0.4, -0.2) is 23.0 Å². The number of amides is 1. The third-order valence-electron chi connectivity index (χ3n) is 3.05. The number of aromatic nitrogens is 1. The summed E-state index contributed by atoms with van der Waals surface area (Å²) in [7, 11) is 0. The molecule has 4 N–H and O–H groups in total. The van der Waals surface area contributed by atoms with Gasteiger partial charge in [-0.25, -0.2) is 0 Å². The van der Waals surface area contributed by atoms with Gasteiger partial charge in [0.05, 0.1) is 0 Å². The molecule has 0 aliphatic rings. The smallest absolute Gasteiger partial charge is 0.251 e. The highest BCUT2D eigenvalue weighted by molar-refractivity contribution is 5.94. The van der Waals surface area contributed by atoms with Crippen molar-refractivity contribution < 1.29 is 4.79 Å². The zero-order valence-corrected chi connectivity index (χ0v) is 11.5. The molecule has 0 fully saturated rings. The molecule has 1 amide bonds. The second-order valence-corrected chi connectivity index (χ2v) is 4.19. The van der Waals surface area contributed by atoms with Gasteiger partial charge in [-0.1, -0.05) is 13.8 Å². The number of nitrogens with one attached hydrogen (secondary N) is 2. The van der Waals surface area contributed by atoms with Crippen molar-refractivity contribution in [2.24, 2.45) is 5.73 Å². The van der Waals surface area contributed by atoms with Crippen molar-refractivity contribution in [2.75, 3.05) is 6.54 Å². The van der Waals surface area contributed by atoms with E-state index < -0.39 is 0 Å². The van der Waals surface area contributed by atoms with E-state index in [4.69, 9.17) is 5.73 Å². The molecular formula is C12H20ClN3O2. The lowest BCUT2D eigenvalue weighted by atomic mass is 9.94. The fourth-order valence-electron chi connectivity index (χ4n) is 1.44. The Bertz CT molecular complexity index is 441.